The van der Waals surface area contributed by atoms with Crippen LogP contribution in [0.15, 0.2) is 23.0 Å². The molecule has 0 aliphatic carbocycles. The third-order valence-corrected chi connectivity index (χ3v) is 2.51. The molecule has 0 aliphatic rings. The molecule has 1 atom stereocenters. The molecule has 0 spiro atoms. The maximum Gasteiger partial charge on any atom is 0.323 e. The summed E-state index contributed by atoms with van der Waals surface area (Å²) in [5.41, 5.74) is 1.44. The number of nitrogens with one attached hydrogen (secondary N) is 2. The molecule has 2 rings (SSSR count). The number of H-pyrrole nitrogens is 2. The lowest BCUT2D eigenvalue weighted by atomic mass is 10.0. The average molecular weight is 220 g/mol. The van der Waals surface area contributed by atoms with Gasteiger partial charge < -0.3 is 15.1 Å². The van der Waals surface area contributed by atoms with Crippen molar-refractivity contribution in [3.8, 4) is 0 Å². The Morgan fingerprint density at radius 3 is 2.75 bits per heavy atom. The maximum absolute atomic E-state index is 11.3. The molecule has 5 heteroatoms. The Labute approximate surface area is 91.1 Å². The second-order valence-corrected chi connectivity index (χ2v) is 3.61. The third kappa shape index (κ3) is 1.77. The van der Waals surface area contributed by atoms with Crippen LogP contribution in [0.5, 0.6) is 0 Å². The van der Waals surface area contributed by atoms with Crippen molar-refractivity contribution in [3.05, 3.63) is 34.2 Å². The Morgan fingerprint density at radius 2 is 2.06 bits per heavy atom. The number of ketones is 1. The summed E-state index contributed by atoms with van der Waals surface area (Å²) in [4.78, 5) is 27.5. The number of carbonyl (C=O) groups excluding carboxylic acids is 1. The number of fused-ring (bicyclic) bond motifs is 1. The fourth-order valence-corrected chi connectivity index (χ4v) is 1.60. The third-order valence-electron chi connectivity index (χ3n) is 2.51. The van der Waals surface area contributed by atoms with Crippen molar-refractivity contribution in [2.75, 3.05) is 0 Å². The minimum absolute atomic E-state index is 0.239. The van der Waals surface area contributed by atoms with Gasteiger partial charge in [0.25, 0.3) is 0 Å². The molecule has 16 heavy (non-hydrogen) atoms. The van der Waals surface area contributed by atoms with Crippen molar-refractivity contribution in [1.29, 1.82) is 0 Å². The van der Waals surface area contributed by atoms with E-state index in [-0.39, 0.29) is 17.9 Å². The molecule has 0 fully saturated rings. The summed E-state index contributed by atoms with van der Waals surface area (Å²) in [5.74, 6) is -0.239. The molecule has 1 heterocycles. The fraction of sp³-hybridized carbons (Fsp3) is 0.273. The van der Waals surface area contributed by atoms with Crippen LogP contribution in [0.1, 0.15) is 25.0 Å². The van der Waals surface area contributed by atoms with Crippen LogP contribution in [0, 0.1) is 0 Å². The highest BCUT2D eigenvalue weighted by Gasteiger charge is 2.15. The number of benzene rings is 1. The van der Waals surface area contributed by atoms with Crippen LogP contribution in [-0.2, 0) is 4.79 Å². The first-order valence-corrected chi connectivity index (χ1v) is 5.04. The number of aliphatic hydroxyl groups excluding tert-OH is 1. The van der Waals surface area contributed by atoms with Crippen molar-refractivity contribution in [3.63, 3.8) is 0 Å². The lowest BCUT2D eigenvalue weighted by Gasteiger charge is -2.08. The minimum atomic E-state index is -1.12. The van der Waals surface area contributed by atoms with Crippen LogP contribution in [0.4, 0.5) is 0 Å². The largest absolute Gasteiger partial charge is 0.381 e. The molecule has 1 unspecified atom stereocenters. The summed E-state index contributed by atoms with van der Waals surface area (Å²) in [7, 11) is 0. The molecule has 0 bridgehead atoms. The Hall–Kier alpha value is -1.88. The first-order valence-electron chi connectivity index (χ1n) is 5.04. The highest BCUT2D eigenvalue weighted by molar-refractivity contribution is 5.85. The topological polar surface area (TPSA) is 85.9 Å². The minimum Gasteiger partial charge on any atom is -0.381 e. The number of imidazole rings is 1. The second-order valence-electron chi connectivity index (χ2n) is 3.61. The zero-order chi connectivity index (χ0) is 11.7. The quantitative estimate of drug-likeness (QED) is 0.717. The van der Waals surface area contributed by atoms with E-state index in [9.17, 15) is 14.7 Å². The molecule has 5 nitrogen and oxygen atoms in total. The number of hydrogen-bond acceptors (Lipinski definition) is 3. The van der Waals surface area contributed by atoms with E-state index < -0.39 is 6.10 Å². The van der Waals surface area contributed by atoms with E-state index >= 15 is 0 Å². The monoisotopic (exact) mass is 220 g/mol. The van der Waals surface area contributed by atoms with Crippen LogP contribution in [0.2, 0.25) is 0 Å². The second kappa shape index (κ2) is 3.94. The first kappa shape index (κ1) is 10.6. The lowest BCUT2D eigenvalue weighted by molar-refractivity contribution is -0.127. The summed E-state index contributed by atoms with van der Waals surface area (Å²) in [5, 5.41) is 9.70. The number of aliphatic hydroxyl groups is 1. The van der Waals surface area contributed by atoms with E-state index in [0.29, 0.717) is 16.6 Å². The summed E-state index contributed by atoms with van der Waals surface area (Å²) in [6.07, 6.45) is -0.837. The normalized spacial score (nSPS) is 12.9. The summed E-state index contributed by atoms with van der Waals surface area (Å²) < 4.78 is 0. The highest BCUT2D eigenvalue weighted by atomic mass is 16.3. The van der Waals surface area contributed by atoms with Gasteiger partial charge >= 0.3 is 5.69 Å². The maximum atomic E-state index is 11.3. The van der Waals surface area contributed by atoms with Gasteiger partial charge in [-0.1, -0.05) is 13.0 Å². The van der Waals surface area contributed by atoms with E-state index in [1.54, 1.807) is 25.1 Å². The number of Topliss-reactive ketones (excluding diaryl/α,β-unsaturated/α-hetero) is 1. The molecule has 0 radical (unpaired) electrons. The summed E-state index contributed by atoms with van der Waals surface area (Å²) in [6, 6.07) is 4.89. The zero-order valence-electron chi connectivity index (χ0n) is 8.78. The molecule has 2 aromatic rings. The predicted molar refractivity (Wildman–Crippen MR) is 59.2 cm³/mol. The molecule has 0 saturated carbocycles. The molecule has 0 saturated heterocycles. The van der Waals surface area contributed by atoms with Crippen LogP contribution in [-0.4, -0.2) is 20.9 Å². The molecule has 1 aromatic heterocycles. The Balaban J connectivity index is 2.46. The van der Waals surface area contributed by atoms with E-state index in [4.69, 9.17) is 0 Å². The zero-order valence-corrected chi connectivity index (χ0v) is 8.78. The van der Waals surface area contributed by atoms with Gasteiger partial charge in [0.2, 0.25) is 0 Å². The molecule has 84 valence electrons. The van der Waals surface area contributed by atoms with Gasteiger partial charge in [-0.15, -0.1) is 0 Å². The summed E-state index contributed by atoms with van der Waals surface area (Å²) >= 11 is 0. The van der Waals surface area contributed by atoms with Crippen molar-refractivity contribution in [2.24, 2.45) is 0 Å². The van der Waals surface area contributed by atoms with Crippen LogP contribution in [0.3, 0.4) is 0 Å². The molecular formula is C11H12N2O3. The van der Waals surface area contributed by atoms with Gasteiger partial charge in [-0.05, 0) is 17.7 Å². The van der Waals surface area contributed by atoms with E-state index in [0.717, 1.165) is 0 Å². The molecule has 0 amide bonds. The number of rotatable bonds is 3. The van der Waals surface area contributed by atoms with Gasteiger partial charge in [-0.25, -0.2) is 4.79 Å². The summed E-state index contributed by atoms with van der Waals surface area (Å²) in [6.45, 7) is 1.70. The van der Waals surface area contributed by atoms with Crippen molar-refractivity contribution < 1.29 is 9.90 Å². The smallest absolute Gasteiger partial charge is 0.323 e. The van der Waals surface area contributed by atoms with E-state index in [1.807, 2.05) is 0 Å². The van der Waals surface area contributed by atoms with Gasteiger partial charge in [0.1, 0.15) is 6.10 Å². The van der Waals surface area contributed by atoms with E-state index in [1.165, 1.54) is 0 Å². The average Bonchev–Trinajstić information content (AvgIpc) is 2.65. The molecular weight excluding hydrogens is 208 g/mol. The molecule has 1 aromatic carbocycles. The first-order chi connectivity index (χ1) is 7.61. The van der Waals surface area contributed by atoms with Crippen LogP contribution >= 0.6 is 0 Å². The van der Waals surface area contributed by atoms with Crippen molar-refractivity contribution in [2.45, 2.75) is 19.4 Å². The number of aromatic nitrogens is 2. The lowest BCUT2D eigenvalue weighted by Crippen LogP contribution is -2.10. The molecule has 0 aliphatic heterocycles. The van der Waals surface area contributed by atoms with E-state index in [2.05, 4.69) is 9.97 Å². The van der Waals surface area contributed by atoms with Crippen molar-refractivity contribution in [1.82, 2.24) is 9.97 Å². The number of hydrogen-bond donors (Lipinski definition) is 3. The van der Waals surface area contributed by atoms with Gasteiger partial charge in [0.05, 0.1) is 11.0 Å². The number of aromatic amines is 2. The van der Waals surface area contributed by atoms with Gasteiger partial charge in [-0.3, -0.25) is 4.79 Å². The number of carbonyl (C=O) groups is 1. The van der Waals surface area contributed by atoms with Gasteiger partial charge in [0.15, 0.2) is 5.78 Å². The Bertz CT molecular complexity index is 582. The van der Waals surface area contributed by atoms with Crippen LogP contribution < -0.4 is 5.69 Å². The standard InChI is InChI=1S/C11H12N2O3/c1-2-9(14)10(15)6-3-4-7-8(5-6)13-11(16)12-7/h3-5,10,15H,2H2,1H3,(H2,12,13,16). The SMILES string of the molecule is CCC(=O)C(O)c1ccc2[nH]c(=O)[nH]c2c1. The van der Waals surface area contributed by atoms with Gasteiger partial charge in [0, 0.05) is 6.42 Å². The molecule has 3 N–H and O–H groups in total. The predicted octanol–water partition coefficient (Wildman–Crippen LogP) is 0.869. The Morgan fingerprint density at radius 1 is 1.38 bits per heavy atom. The fourth-order valence-electron chi connectivity index (χ4n) is 1.60. The van der Waals surface area contributed by atoms with Crippen LogP contribution in [0.25, 0.3) is 11.0 Å². The Kier molecular flexibility index (Phi) is 2.62. The van der Waals surface area contributed by atoms with Crippen molar-refractivity contribution >= 4 is 16.8 Å². The van der Waals surface area contributed by atoms with Gasteiger partial charge in [-0.2, -0.15) is 0 Å². The highest BCUT2D eigenvalue weighted by Crippen LogP contribution is 2.18.